The fourth-order valence-corrected chi connectivity index (χ4v) is 3.79. The molecule has 2 atom stereocenters. The van der Waals surface area contributed by atoms with Crippen molar-refractivity contribution in [2.75, 3.05) is 6.17 Å². The third-order valence-electron chi connectivity index (χ3n) is 2.84. The SMILES string of the molecule is C[Si](C)(C)CN1C(C(N)=O)CCC1C(F)F. The number of nitrogens with two attached hydrogens (primary N) is 1. The van der Waals surface area contributed by atoms with Crippen molar-refractivity contribution >= 4 is 14.0 Å². The van der Waals surface area contributed by atoms with E-state index in [1.807, 2.05) is 0 Å². The van der Waals surface area contributed by atoms with Crippen LogP contribution in [0.4, 0.5) is 8.78 Å². The Morgan fingerprint density at radius 1 is 1.44 bits per heavy atom. The van der Waals surface area contributed by atoms with Gasteiger partial charge in [-0.3, -0.25) is 9.69 Å². The Labute approximate surface area is 96.0 Å². The Morgan fingerprint density at radius 2 is 2.00 bits per heavy atom. The number of halogens is 2. The van der Waals surface area contributed by atoms with Gasteiger partial charge in [0.25, 0.3) is 6.43 Å². The monoisotopic (exact) mass is 250 g/mol. The second kappa shape index (κ2) is 4.79. The van der Waals surface area contributed by atoms with Gasteiger partial charge in [0.2, 0.25) is 5.91 Å². The number of amides is 1. The van der Waals surface area contributed by atoms with Crippen LogP contribution in [0.2, 0.25) is 19.6 Å². The third kappa shape index (κ3) is 3.25. The van der Waals surface area contributed by atoms with Crippen LogP contribution in [-0.4, -0.2) is 43.6 Å². The average Bonchev–Trinajstić information content (AvgIpc) is 2.44. The molecule has 2 unspecified atom stereocenters. The first-order valence-corrected chi connectivity index (χ1v) is 9.26. The number of carbonyl (C=O) groups excluding carboxylic acids is 1. The summed E-state index contributed by atoms with van der Waals surface area (Å²) < 4.78 is 25.6. The summed E-state index contributed by atoms with van der Waals surface area (Å²) in [6.07, 6.45) is -0.944. The molecule has 1 aliphatic heterocycles. The van der Waals surface area contributed by atoms with Gasteiger partial charge >= 0.3 is 0 Å². The lowest BCUT2D eigenvalue weighted by Gasteiger charge is -2.33. The van der Waals surface area contributed by atoms with E-state index in [0.717, 1.165) is 0 Å². The average molecular weight is 250 g/mol. The van der Waals surface area contributed by atoms with E-state index in [0.29, 0.717) is 19.0 Å². The summed E-state index contributed by atoms with van der Waals surface area (Å²) >= 11 is 0. The van der Waals surface area contributed by atoms with Crippen molar-refractivity contribution in [1.29, 1.82) is 0 Å². The van der Waals surface area contributed by atoms with Crippen LogP contribution in [-0.2, 0) is 4.79 Å². The topological polar surface area (TPSA) is 46.3 Å². The number of rotatable bonds is 4. The van der Waals surface area contributed by atoms with E-state index < -0.39 is 32.5 Å². The quantitative estimate of drug-likeness (QED) is 0.768. The Kier molecular flexibility index (Phi) is 4.06. The van der Waals surface area contributed by atoms with Crippen LogP contribution in [0.15, 0.2) is 0 Å². The molecule has 0 spiro atoms. The standard InChI is InChI=1S/C10H20F2N2OSi/c1-16(2,3)6-14-7(9(11)12)4-5-8(14)10(13)15/h7-9H,4-6H2,1-3H3,(H2,13,15). The molecule has 0 aromatic rings. The van der Waals surface area contributed by atoms with E-state index in [1.165, 1.54) is 0 Å². The molecular formula is C10H20F2N2OSi. The van der Waals surface area contributed by atoms with Gasteiger partial charge in [0.15, 0.2) is 0 Å². The van der Waals surface area contributed by atoms with Crippen molar-refractivity contribution in [3.63, 3.8) is 0 Å². The van der Waals surface area contributed by atoms with Crippen molar-refractivity contribution in [2.24, 2.45) is 5.73 Å². The second-order valence-corrected chi connectivity index (χ2v) is 11.1. The highest BCUT2D eigenvalue weighted by atomic mass is 28.3. The van der Waals surface area contributed by atoms with Gasteiger partial charge in [-0.1, -0.05) is 19.6 Å². The zero-order chi connectivity index (χ0) is 12.5. The minimum absolute atomic E-state index is 0.371. The van der Waals surface area contributed by atoms with E-state index in [2.05, 4.69) is 19.6 Å². The molecule has 1 rings (SSSR count). The number of carbonyl (C=O) groups is 1. The molecule has 0 radical (unpaired) electrons. The van der Waals surface area contributed by atoms with Crippen molar-refractivity contribution in [3.05, 3.63) is 0 Å². The fourth-order valence-electron chi connectivity index (χ4n) is 2.24. The predicted octanol–water partition coefficient (Wildman–Crippen LogP) is 1.45. The molecule has 0 aromatic heterocycles. The number of hydrogen-bond acceptors (Lipinski definition) is 2. The molecule has 6 heteroatoms. The van der Waals surface area contributed by atoms with Crippen LogP contribution in [0.3, 0.4) is 0 Å². The fraction of sp³-hybridized carbons (Fsp3) is 0.900. The van der Waals surface area contributed by atoms with E-state index >= 15 is 0 Å². The molecule has 1 saturated heterocycles. The molecule has 1 heterocycles. The highest BCUT2D eigenvalue weighted by molar-refractivity contribution is 6.76. The summed E-state index contributed by atoms with van der Waals surface area (Å²) in [5, 5.41) is 0. The lowest BCUT2D eigenvalue weighted by atomic mass is 10.2. The lowest BCUT2D eigenvalue weighted by molar-refractivity contribution is -0.123. The number of nitrogens with zero attached hydrogens (tertiary/aromatic N) is 1. The molecule has 3 nitrogen and oxygen atoms in total. The van der Waals surface area contributed by atoms with Gasteiger partial charge in [0, 0.05) is 0 Å². The van der Waals surface area contributed by atoms with Crippen LogP contribution in [0, 0.1) is 0 Å². The third-order valence-corrected chi connectivity index (χ3v) is 4.15. The molecule has 0 bridgehead atoms. The van der Waals surface area contributed by atoms with E-state index in [4.69, 9.17) is 5.73 Å². The summed E-state index contributed by atoms with van der Waals surface area (Å²) in [5.74, 6) is -0.471. The largest absolute Gasteiger partial charge is 0.368 e. The Balaban J connectivity index is 2.80. The first kappa shape index (κ1) is 13.6. The summed E-state index contributed by atoms with van der Waals surface area (Å²) in [5.41, 5.74) is 5.26. The zero-order valence-corrected chi connectivity index (χ0v) is 11.0. The van der Waals surface area contributed by atoms with Gasteiger partial charge in [-0.2, -0.15) is 0 Å². The first-order valence-electron chi connectivity index (χ1n) is 5.55. The minimum atomic E-state index is -2.39. The van der Waals surface area contributed by atoms with Gasteiger partial charge in [0.05, 0.1) is 20.2 Å². The number of primary amides is 1. The van der Waals surface area contributed by atoms with Crippen LogP contribution >= 0.6 is 0 Å². The van der Waals surface area contributed by atoms with Gasteiger partial charge < -0.3 is 5.73 Å². The normalized spacial score (nSPS) is 27.6. The molecule has 0 aromatic carbocycles. The highest BCUT2D eigenvalue weighted by Gasteiger charge is 2.42. The Hall–Kier alpha value is -0.493. The molecular weight excluding hydrogens is 230 g/mol. The molecule has 94 valence electrons. The number of hydrogen-bond donors (Lipinski definition) is 1. The van der Waals surface area contributed by atoms with Crippen LogP contribution in [0.5, 0.6) is 0 Å². The summed E-state index contributed by atoms with van der Waals surface area (Å²) in [6, 6.07) is -1.28. The number of alkyl halides is 2. The molecule has 1 aliphatic rings. The van der Waals surface area contributed by atoms with E-state index in [-0.39, 0.29) is 0 Å². The maximum Gasteiger partial charge on any atom is 0.253 e. The van der Waals surface area contributed by atoms with Crippen LogP contribution in [0.25, 0.3) is 0 Å². The van der Waals surface area contributed by atoms with Crippen molar-refractivity contribution in [1.82, 2.24) is 4.90 Å². The van der Waals surface area contributed by atoms with Crippen LogP contribution < -0.4 is 5.73 Å². The Bertz CT molecular complexity index is 268. The van der Waals surface area contributed by atoms with Crippen LogP contribution in [0.1, 0.15) is 12.8 Å². The maximum absolute atomic E-state index is 12.8. The molecule has 1 amide bonds. The van der Waals surface area contributed by atoms with Gasteiger partial charge in [-0.05, 0) is 19.0 Å². The Morgan fingerprint density at radius 3 is 2.38 bits per heavy atom. The lowest BCUT2D eigenvalue weighted by Crippen LogP contribution is -2.52. The highest BCUT2D eigenvalue weighted by Crippen LogP contribution is 2.29. The van der Waals surface area contributed by atoms with Gasteiger partial charge in [-0.15, -0.1) is 0 Å². The molecule has 0 aliphatic carbocycles. The van der Waals surface area contributed by atoms with Gasteiger partial charge in [0.1, 0.15) is 0 Å². The minimum Gasteiger partial charge on any atom is -0.368 e. The smallest absolute Gasteiger partial charge is 0.253 e. The summed E-state index contributed by atoms with van der Waals surface area (Å²) in [4.78, 5) is 12.9. The predicted molar refractivity (Wildman–Crippen MR) is 62.1 cm³/mol. The summed E-state index contributed by atoms with van der Waals surface area (Å²) in [6.45, 7) is 6.31. The maximum atomic E-state index is 12.8. The van der Waals surface area contributed by atoms with Crippen molar-refractivity contribution in [2.45, 2.75) is 51.0 Å². The molecule has 2 N–H and O–H groups in total. The molecule has 0 saturated carbocycles. The second-order valence-electron chi connectivity index (χ2n) is 5.63. The van der Waals surface area contributed by atoms with Crippen molar-refractivity contribution < 1.29 is 13.6 Å². The molecule has 1 fully saturated rings. The summed E-state index contributed by atoms with van der Waals surface area (Å²) in [7, 11) is -1.51. The van der Waals surface area contributed by atoms with Crippen molar-refractivity contribution in [3.8, 4) is 0 Å². The number of likely N-dealkylation sites (tertiary alicyclic amines) is 1. The van der Waals surface area contributed by atoms with E-state index in [9.17, 15) is 13.6 Å². The first-order chi connectivity index (χ1) is 7.22. The van der Waals surface area contributed by atoms with Gasteiger partial charge in [-0.25, -0.2) is 8.78 Å². The molecule has 16 heavy (non-hydrogen) atoms. The zero-order valence-electron chi connectivity index (χ0n) is 10.0. The van der Waals surface area contributed by atoms with E-state index in [1.54, 1.807) is 4.90 Å².